The van der Waals surface area contributed by atoms with Crippen LogP contribution in [0.15, 0.2) is 78.9 Å². The van der Waals surface area contributed by atoms with Crippen molar-refractivity contribution in [3.8, 4) is 11.5 Å². The second kappa shape index (κ2) is 15.5. The number of ether oxygens (including phenoxy) is 3. The van der Waals surface area contributed by atoms with Crippen LogP contribution in [-0.2, 0) is 10.3 Å². The first-order chi connectivity index (χ1) is 18.5. The SMILES string of the molecule is CCCCCCCCN(C)C[C@H](O)COC(c1ccccc1)(c1ccc(OC)cc1)c1ccc(OC)cc1. The standard InChI is InChI=1S/C33H45NO4/c1-5-6-7-8-9-13-24-34(2)25-30(35)26-38-33(27-14-11-10-12-15-27,28-16-20-31(36-3)21-17-28)29-18-22-32(37-4)23-19-29/h10-12,14-23,30,35H,5-9,13,24-26H2,1-4H3/t30-/m0/s1. The minimum absolute atomic E-state index is 0.188. The summed E-state index contributed by atoms with van der Waals surface area (Å²) in [5, 5.41) is 11.1. The van der Waals surface area contributed by atoms with E-state index in [1.807, 2.05) is 66.7 Å². The minimum atomic E-state index is -0.918. The van der Waals surface area contributed by atoms with Crippen LogP contribution in [0.25, 0.3) is 0 Å². The number of methoxy groups -OCH3 is 2. The maximum atomic E-state index is 11.1. The maximum Gasteiger partial charge on any atom is 0.143 e. The zero-order valence-corrected chi connectivity index (χ0v) is 23.6. The van der Waals surface area contributed by atoms with Gasteiger partial charge in [-0.3, -0.25) is 0 Å². The molecule has 0 aliphatic rings. The van der Waals surface area contributed by atoms with Gasteiger partial charge in [-0.15, -0.1) is 0 Å². The van der Waals surface area contributed by atoms with Crippen LogP contribution < -0.4 is 9.47 Å². The van der Waals surface area contributed by atoms with Crippen LogP contribution in [0.1, 0.15) is 62.1 Å². The van der Waals surface area contributed by atoms with Gasteiger partial charge in [0.15, 0.2) is 0 Å². The van der Waals surface area contributed by atoms with Crippen molar-refractivity contribution in [2.45, 2.75) is 57.2 Å². The highest BCUT2D eigenvalue weighted by atomic mass is 16.5. The van der Waals surface area contributed by atoms with Crippen LogP contribution in [0.3, 0.4) is 0 Å². The summed E-state index contributed by atoms with van der Waals surface area (Å²) in [7, 11) is 5.40. The number of rotatable bonds is 17. The predicted molar refractivity (Wildman–Crippen MR) is 155 cm³/mol. The highest BCUT2D eigenvalue weighted by Crippen LogP contribution is 2.41. The fourth-order valence-corrected chi connectivity index (χ4v) is 4.96. The van der Waals surface area contributed by atoms with Gasteiger partial charge in [0.05, 0.1) is 26.9 Å². The van der Waals surface area contributed by atoms with Gasteiger partial charge in [-0.2, -0.15) is 0 Å². The fraction of sp³-hybridized carbons (Fsp3) is 0.455. The molecule has 0 aromatic heterocycles. The van der Waals surface area contributed by atoms with E-state index < -0.39 is 11.7 Å². The lowest BCUT2D eigenvalue weighted by Gasteiger charge is -2.37. The molecule has 1 N–H and O–H groups in total. The smallest absolute Gasteiger partial charge is 0.143 e. The van der Waals surface area contributed by atoms with Gasteiger partial charge >= 0.3 is 0 Å². The quantitative estimate of drug-likeness (QED) is 0.160. The van der Waals surface area contributed by atoms with Crippen molar-refractivity contribution in [3.05, 3.63) is 95.6 Å². The van der Waals surface area contributed by atoms with Crippen molar-refractivity contribution < 1.29 is 19.3 Å². The highest BCUT2D eigenvalue weighted by molar-refractivity contribution is 5.49. The summed E-state index contributed by atoms with van der Waals surface area (Å²) in [5.74, 6) is 1.56. The number of likely N-dealkylation sites (N-methyl/N-ethyl adjacent to an activating group) is 1. The fourth-order valence-electron chi connectivity index (χ4n) is 4.96. The van der Waals surface area contributed by atoms with Crippen LogP contribution in [-0.4, -0.2) is 57.1 Å². The molecule has 3 rings (SSSR count). The third-order valence-corrected chi connectivity index (χ3v) is 7.08. The Kier molecular flexibility index (Phi) is 12.1. The van der Waals surface area contributed by atoms with E-state index in [1.54, 1.807) is 14.2 Å². The second-order valence-electron chi connectivity index (χ2n) is 10.00. The molecule has 0 radical (unpaired) electrons. The van der Waals surface area contributed by atoms with E-state index >= 15 is 0 Å². The second-order valence-corrected chi connectivity index (χ2v) is 10.00. The summed E-state index contributed by atoms with van der Waals surface area (Å²) in [4.78, 5) is 2.21. The number of hydrogen-bond donors (Lipinski definition) is 1. The van der Waals surface area contributed by atoms with Crippen molar-refractivity contribution in [1.29, 1.82) is 0 Å². The predicted octanol–water partition coefficient (Wildman–Crippen LogP) is 6.67. The number of nitrogens with zero attached hydrogens (tertiary/aromatic N) is 1. The molecule has 0 fully saturated rings. The summed E-state index contributed by atoms with van der Waals surface area (Å²) in [6, 6.07) is 26.1. The third-order valence-electron chi connectivity index (χ3n) is 7.08. The van der Waals surface area contributed by atoms with E-state index in [0.29, 0.717) is 6.54 Å². The number of aliphatic hydroxyl groups is 1. The Hall–Kier alpha value is -2.86. The molecule has 0 aliphatic carbocycles. The van der Waals surface area contributed by atoms with Gasteiger partial charge in [-0.05, 0) is 61.0 Å². The zero-order chi connectivity index (χ0) is 27.2. The van der Waals surface area contributed by atoms with Crippen molar-refractivity contribution in [2.24, 2.45) is 0 Å². The third kappa shape index (κ3) is 8.07. The molecular formula is C33H45NO4. The van der Waals surface area contributed by atoms with Crippen molar-refractivity contribution in [1.82, 2.24) is 4.90 Å². The average molecular weight is 520 g/mol. The molecule has 3 aromatic carbocycles. The van der Waals surface area contributed by atoms with Crippen LogP contribution in [0.5, 0.6) is 11.5 Å². The van der Waals surface area contributed by atoms with E-state index in [1.165, 1.54) is 32.1 Å². The van der Waals surface area contributed by atoms with Crippen molar-refractivity contribution in [2.75, 3.05) is 41.0 Å². The van der Waals surface area contributed by atoms with Crippen molar-refractivity contribution in [3.63, 3.8) is 0 Å². The van der Waals surface area contributed by atoms with Crippen LogP contribution in [0, 0.1) is 0 Å². The molecule has 0 saturated carbocycles. The van der Waals surface area contributed by atoms with E-state index in [4.69, 9.17) is 14.2 Å². The van der Waals surface area contributed by atoms with Gasteiger partial charge in [0.1, 0.15) is 17.1 Å². The molecule has 5 nitrogen and oxygen atoms in total. The van der Waals surface area contributed by atoms with Gasteiger partial charge in [-0.25, -0.2) is 0 Å². The lowest BCUT2D eigenvalue weighted by Crippen LogP contribution is -2.39. The Morgan fingerprint density at radius 3 is 1.74 bits per heavy atom. The van der Waals surface area contributed by atoms with Crippen molar-refractivity contribution >= 4 is 0 Å². The van der Waals surface area contributed by atoms with Gasteiger partial charge in [-0.1, -0.05) is 93.6 Å². The molecule has 0 unspecified atom stereocenters. The topological polar surface area (TPSA) is 51.2 Å². The number of benzene rings is 3. The number of aliphatic hydroxyl groups excluding tert-OH is 1. The molecule has 5 heteroatoms. The Balaban J connectivity index is 1.83. The summed E-state index contributed by atoms with van der Waals surface area (Å²) >= 11 is 0. The monoisotopic (exact) mass is 519 g/mol. The molecule has 0 saturated heterocycles. The maximum absolute atomic E-state index is 11.1. The van der Waals surface area contributed by atoms with Gasteiger partial charge < -0.3 is 24.2 Å². The molecule has 0 aliphatic heterocycles. The molecule has 1 atom stereocenters. The molecule has 0 amide bonds. The average Bonchev–Trinajstić information content (AvgIpc) is 2.96. The molecule has 206 valence electrons. The van der Waals surface area contributed by atoms with Crippen LogP contribution in [0.2, 0.25) is 0 Å². The normalized spacial score (nSPS) is 12.5. The zero-order valence-electron chi connectivity index (χ0n) is 23.6. The molecule has 0 heterocycles. The van der Waals surface area contributed by atoms with E-state index in [0.717, 1.165) is 41.2 Å². The molecule has 3 aromatic rings. The lowest BCUT2D eigenvalue weighted by molar-refractivity contribution is -0.0449. The number of unbranched alkanes of at least 4 members (excludes halogenated alkanes) is 5. The summed E-state index contributed by atoms with van der Waals surface area (Å²) in [6.45, 7) is 3.97. The molecule has 0 bridgehead atoms. The minimum Gasteiger partial charge on any atom is -0.497 e. The largest absolute Gasteiger partial charge is 0.497 e. The van der Waals surface area contributed by atoms with Gasteiger partial charge in [0.2, 0.25) is 0 Å². The highest BCUT2D eigenvalue weighted by Gasteiger charge is 2.38. The van der Waals surface area contributed by atoms with Gasteiger partial charge in [0, 0.05) is 6.54 Å². The summed E-state index contributed by atoms with van der Waals surface area (Å²) in [5.41, 5.74) is 1.99. The Morgan fingerprint density at radius 1 is 0.711 bits per heavy atom. The Bertz CT molecular complexity index is 989. The van der Waals surface area contributed by atoms with E-state index in [2.05, 4.69) is 31.0 Å². The molecular weight excluding hydrogens is 474 g/mol. The molecule has 38 heavy (non-hydrogen) atoms. The van der Waals surface area contributed by atoms with E-state index in [-0.39, 0.29) is 6.61 Å². The Morgan fingerprint density at radius 2 is 1.21 bits per heavy atom. The summed E-state index contributed by atoms with van der Waals surface area (Å²) < 4.78 is 17.7. The Labute approximate surface area is 229 Å². The van der Waals surface area contributed by atoms with E-state index in [9.17, 15) is 5.11 Å². The first-order valence-corrected chi connectivity index (χ1v) is 13.9. The van der Waals surface area contributed by atoms with Crippen LogP contribution >= 0.6 is 0 Å². The van der Waals surface area contributed by atoms with Gasteiger partial charge in [0.25, 0.3) is 0 Å². The van der Waals surface area contributed by atoms with Crippen LogP contribution in [0.4, 0.5) is 0 Å². The molecule has 0 spiro atoms. The number of hydrogen-bond acceptors (Lipinski definition) is 5. The first kappa shape index (κ1) is 29.7. The summed E-state index contributed by atoms with van der Waals surface area (Å²) in [6.07, 6.45) is 6.95. The first-order valence-electron chi connectivity index (χ1n) is 13.9. The lowest BCUT2D eigenvalue weighted by atomic mass is 9.80.